The number of aryl methyl sites for hydroxylation is 1. The molecule has 1 aliphatic heterocycles. The molecule has 1 atom stereocenters. The van der Waals surface area contributed by atoms with Gasteiger partial charge in [-0.1, -0.05) is 24.3 Å². The van der Waals surface area contributed by atoms with Crippen molar-refractivity contribution in [3.05, 3.63) is 35.4 Å². The minimum atomic E-state index is -0.201. The first kappa shape index (κ1) is 16.0. The number of halogens is 1. The van der Waals surface area contributed by atoms with Crippen LogP contribution in [0.2, 0.25) is 0 Å². The van der Waals surface area contributed by atoms with Gasteiger partial charge in [-0.15, -0.1) is 12.4 Å². The summed E-state index contributed by atoms with van der Waals surface area (Å²) in [5, 5.41) is 3.18. The highest BCUT2D eigenvalue weighted by molar-refractivity contribution is 5.85. The summed E-state index contributed by atoms with van der Waals surface area (Å²) in [6.07, 6.45) is 0. The van der Waals surface area contributed by atoms with Crippen LogP contribution in [0.25, 0.3) is 0 Å². The van der Waals surface area contributed by atoms with Crippen molar-refractivity contribution in [2.75, 3.05) is 26.8 Å². The highest BCUT2D eigenvalue weighted by Gasteiger charge is 2.24. The van der Waals surface area contributed by atoms with Gasteiger partial charge in [0.2, 0.25) is 5.91 Å². The number of benzene rings is 1. The molecule has 106 valence electrons. The van der Waals surface area contributed by atoms with Crippen molar-refractivity contribution in [1.29, 1.82) is 0 Å². The summed E-state index contributed by atoms with van der Waals surface area (Å²) in [6.45, 7) is 4.61. The van der Waals surface area contributed by atoms with E-state index in [-0.39, 0.29) is 24.4 Å². The second-order valence-corrected chi connectivity index (χ2v) is 4.70. The Bertz CT molecular complexity index is 420. The quantitative estimate of drug-likeness (QED) is 0.911. The van der Waals surface area contributed by atoms with E-state index >= 15 is 0 Å². The SMILES string of the molecule is Cc1ccccc1CN(C)C(=O)C1COCCN1.Cl. The summed E-state index contributed by atoms with van der Waals surface area (Å²) < 4.78 is 5.32. The van der Waals surface area contributed by atoms with Crippen molar-refractivity contribution < 1.29 is 9.53 Å². The molecule has 0 bridgehead atoms. The van der Waals surface area contributed by atoms with E-state index in [4.69, 9.17) is 4.74 Å². The zero-order valence-electron chi connectivity index (χ0n) is 11.4. The number of nitrogens with one attached hydrogen (secondary N) is 1. The van der Waals surface area contributed by atoms with Crippen LogP contribution in [0.15, 0.2) is 24.3 Å². The Balaban J connectivity index is 0.00000180. The molecule has 0 aliphatic carbocycles. The second-order valence-electron chi connectivity index (χ2n) is 4.70. The van der Waals surface area contributed by atoms with Crippen molar-refractivity contribution in [3.8, 4) is 0 Å². The Kier molecular flexibility index (Phi) is 6.28. The van der Waals surface area contributed by atoms with Crippen LogP contribution in [0.1, 0.15) is 11.1 Å². The third-order valence-electron chi connectivity index (χ3n) is 3.26. The maximum atomic E-state index is 12.2. The Morgan fingerprint density at radius 3 is 2.84 bits per heavy atom. The van der Waals surface area contributed by atoms with Crippen LogP contribution in [0, 0.1) is 6.92 Å². The minimum absolute atomic E-state index is 0. The molecule has 0 spiro atoms. The van der Waals surface area contributed by atoms with Crippen LogP contribution in [0.3, 0.4) is 0 Å². The zero-order valence-corrected chi connectivity index (χ0v) is 12.2. The van der Waals surface area contributed by atoms with Gasteiger partial charge in [0.15, 0.2) is 0 Å². The van der Waals surface area contributed by atoms with Gasteiger partial charge < -0.3 is 15.0 Å². The molecule has 4 nitrogen and oxygen atoms in total. The van der Waals surface area contributed by atoms with Crippen LogP contribution < -0.4 is 5.32 Å². The Hall–Kier alpha value is -1.10. The van der Waals surface area contributed by atoms with E-state index in [2.05, 4.69) is 24.4 Å². The van der Waals surface area contributed by atoms with E-state index in [1.165, 1.54) is 11.1 Å². The van der Waals surface area contributed by atoms with Gasteiger partial charge in [-0.2, -0.15) is 0 Å². The fraction of sp³-hybridized carbons (Fsp3) is 0.500. The lowest BCUT2D eigenvalue weighted by atomic mass is 10.1. The van der Waals surface area contributed by atoms with Crippen LogP contribution in [-0.2, 0) is 16.1 Å². The molecule has 1 fully saturated rings. The number of ether oxygens (including phenoxy) is 1. The predicted molar refractivity (Wildman–Crippen MR) is 77.5 cm³/mol. The van der Waals surface area contributed by atoms with Gasteiger partial charge in [0.25, 0.3) is 0 Å². The maximum absolute atomic E-state index is 12.2. The monoisotopic (exact) mass is 284 g/mol. The van der Waals surface area contributed by atoms with Crippen molar-refractivity contribution in [2.45, 2.75) is 19.5 Å². The normalized spacial score (nSPS) is 18.5. The number of hydrogen-bond acceptors (Lipinski definition) is 3. The molecular formula is C14H21ClN2O2. The van der Waals surface area contributed by atoms with Crippen molar-refractivity contribution in [1.82, 2.24) is 10.2 Å². The predicted octanol–water partition coefficient (Wildman–Crippen LogP) is 1.36. The molecular weight excluding hydrogens is 264 g/mol. The summed E-state index contributed by atoms with van der Waals surface area (Å²) >= 11 is 0. The molecule has 0 radical (unpaired) electrons. The lowest BCUT2D eigenvalue weighted by molar-refractivity contribution is -0.135. The van der Waals surface area contributed by atoms with Gasteiger partial charge >= 0.3 is 0 Å². The molecule has 5 heteroatoms. The lowest BCUT2D eigenvalue weighted by Gasteiger charge is -2.27. The molecule has 2 rings (SSSR count). The Labute approximate surface area is 120 Å². The molecule has 1 heterocycles. The third kappa shape index (κ3) is 4.20. The topological polar surface area (TPSA) is 41.6 Å². The number of amides is 1. The summed E-state index contributed by atoms with van der Waals surface area (Å²) in [6, 6.07) is 7.94. The zero-order chi connectivity index (χ0) is 13.0. The summed E-state index contributed by atoms with van der Waals surface area (Å²) in [5.74, 6) is 0.0953. The first-order valence-corrected chi connectivity index (χ1v) is 6.29. The molecule has 1 saturated heterocycles. The Morgan fingerprint density at radius 1 is 1.47 bits per heavy atom. The molecule has 1 unspecified atom stereocenters. The first-order chi connectivity index (χ1) is 8.68. The van der Waals surface area contributed by atoms with Gasteiger partial charge in [0.1, 0.15) is 6.04 Å². The molecule has 1 amide bonds. The van der Waals surface area contributed by atoms with Gasteiger partial charge in [-0.05, 0) is 18.1 Å². The molecule has 1 aliphatic rings. The van der Waals surface area contributed by atoms with E-state index in [1.807, 2.05) is 19.2 Å². The van der Waals surface area contributed by atoms with E-state index in [0.717, 1.165) is 6.54 Å². The number of hydrogen-bond donors (Lipinski definition) is 1. The fourth-order valence-corrected chi connectivity index (χ4v) is 2.11. The molecule has 0 saturated carbocycles. The molecule has 1 aromatic carbocycles. The van der Waals surface area contributed by atoms with Crippen molar-refractivity contribution in [3.63, 3.8) is 0 Å². The number of morpholine rings is 1. The summed E-state index contributed by atoms with van der Waals surface area (Å²) in [5.41, 5.74) is 2.40. The van der Waals surface area contributed by atoms with E-state index in [0.29, 0.717) is 19.8 Å². The minimum Gasteiger partial charge on any atom is -0.378 e. The lowest BCUT2D eigenvalue weighted by Crippen LogP contribution is -2.51. The highest BCUT2D eigenvalue weighted by atomic mass is 35.5. The molecule has 19 heavy (non-hydrogen) atoms. The highest BCUT2D eigenvalue weighted by Crippen LogP contribution is 2.10. The third-order valence-corrected chi connectivity index (χ3v) is 3.26. The van der Waals surface area contributed by atoms with Gasteiger partial charge in [0, 0.05) is 20.1 Å². The average Bonchev–Trinajstić information content (AvgIpc) is 2.41. The number of nitrogens with zero attached hydrogens (tertiary/aromatic N) is 1. The largest absolute Gasteiger partial charge is 0.378 e. The summed E-state index contributed by atoms with van der Waals surface area (Å²) in [4.78, 5) is 14.0. The average molecular weight is 285 g/mol. The second kappa shape index (κ2) is 7.48. The standard InChI is InChI=1S/C14H20N2O2.ClH/c1-11-5-3-4-6-12(11)9-16(2)14(17)13-10-18-8-7-15-13;/h3-6,13,15H,7-10H2,1-2H3;1H. The number of carbonyl (C=O) groups is 1. The van der Waals surface area contributed by atoms with Crippen LogP contribution in [0.5, 0.6) is 0 Å². The van der Waals surface area contributed by atoms with Gasteiger partial charge in [-0.25, -0.2) is 0 Å². The van der Waals surface area contributed by atoms with Crippen molar-refractivity contribution in [2.24, 2.45) is 0 Å². The van der Waals surface area contributed by atoms with Crippen molar-refractivity contribution >= 4 is 18.3 Å². The van der Waals surface area contributed by atoms with E-state index in [9.17, 15) is 4.79 Å². The smallest absolute Gasteiger partial charge is 0.242 e. The van der Waals surface area contributed by atoms with Crippen LogP contribution in [-0.4, -0.2) is 43.7 Å². The maximum Gasteiger partial charge on any atom is 0.242 e. The van der Waals surface area contributed by atoms with Gasteiger partial charge in [-0.3, -0.25) is 4.79 Å². The number of carbonyl (C=O) groups excluding carboxylic acids is 1. The van der Waals surface area contributed by atoms with E-state index in [1.54, 1.807) is 4.90 Å². The molecule has 1 aromatic rings. The van der Waals surface area contributed by atoms with E-state index < -0.39 is 0 Å². The molecule has 0 aromatic heterocycles. The van der Waals surface area contributed by atoms with Crippen LogP contribution in [0.4, 0.5) is 0 Å². The van der Waals surface area contributed by atoms with Crippen LogP contribution >= 0.6 is 12.4 Å². The molecule has 1 N–H and O–H groups in total. The van der Waals surface area contributed by atoms with Gasteiger partial charge in [0.05, 0.1) is 13.2 Å². The first-order valence-electron chi connectivity index (χ1n) is 6.29. The number of rotatable bonds is 3. The fourth-order valence-electron chi connectivity index (χ4n) is 2.11. The number of likely N-dealkylation sites (N-methyl/N-ethyl adjacent to an activating group) is 1. The Morgan fingerprint density at radius 2 is 2.21 bits per heavy atom. The summed E-state index contributed by atoms with van der Waals surface area (Å²) in [7, 11) is 1.84.